The summed E-state index contributed by atoms with van der Waals surface area (Å²) in [4.78, 5) is 6.61. The molecule has 0 unspecified atom stereocenters. The number of aliphatic imine (C=N–C) groups is 1. The predicted molar refractivity (Wildman–Crippen MR) is 89.9 cm³/mol. The topological polar surface area (TPSA) is 39.7 Å². The highest BCUT2D eigenvalue weighted by atomic mass is 127. The van der Waals surface area contributed by atoms with Gasteiger partial charge in [0.15, 0.2) is 5.96 Å². The minimum atomic E-state index is 0. The Bertz CT molecular complexity index is 249. The van der Waals surface area contributed by atoms with Gasteiger partial charge in [0, 0.05) is 32.7 Å². The molecule has 1 aliphatic carbocycles. The van der Waals surface area contributed by atoms with Crippen LogP contribution >= 0.6 is 24.0 Å². The van der Waals surface area contributed by atoms with Gasteiger partial charge in [-0.15, -0.1) is 30.6 Å². The molecule has 0 aromatic heterocycles. The van der Waals surface area contributed by atoms with Crippen molar-refractivity contribution in [2.75, 3.05) is 33.7 Å². The fourth-order valence-corrected chi connectivity index (χ4v) is 2.27. The van der Waals surface area contributed by atoms with Crippen LogP contribution in [0.2, 0.25) is 0 Å². The van der Waals surface area contributed by atoms with Crippen LogP contribution in [0.4, 0.5) is 0 Å². The van der Waals surface area contributed by atoms with Crippen LogP contribution in [-0.4, -0.2) is 50.6 Å². The van der Waals surface area contributed by atoms with Crippen molar-refractivity contribution in [3.8, 4) is 0 Å². The van der Waals surface area contributed by atoms with Gasteiger partial charge in [0.25, 0.3) is 0 Å². The molecule has 4 nitrogen and oxygen atoms in total. The van der Waals surface area contributed by atoms with Crippen LogP contribution in [0.1, 0.15) is 25.7 Å². The summed E-state index contributed by atoms with van der Waals surface area (Å²) in [7, 11) is 4.01. The van der Waals surface area contributed by atoms with Gasteiger partial charge < -0.3 is 15.5 Å². The van der Waals surface area contributed by atoms with Gasteiger partial charge in [-0.3, -0.25) is 4.99 Å². The number of halogens is 1. The Morgan fingerprint density at radius 1 is 1.39 bits per heavy atom. The minimum absolute atomic E-state index is 0. The zero-order valence-corrected chi connectivity index (χ0v) is 13.9. The quantitative estimate of drug-likeness (QED) is 0.326. The zero-order valence-electron chi connectivity index (χ0n) is 11.6. The molecular weight excluding hydrogens is 339 g/mol. The second kappa shape index (κ2) is 10.6. The molecule has 0 bridgehead atoms. The molecular formula is C13H27IN4. The number of hydrogen-bond acceptors (Lipinski definition) is 2. The largest absolute Gasteiger partial charge is 0.355 e. The maximum absolute atomic E-state index is 4.15. The van der Waals surface area contributed by atoms with E-state index in [1.54, 1.807) is 7.05 Å². The van der Waals surface area contributed by atoms with Crippen LogP contribution in [-0.2, 0) is 0 Å². The molecule has 1 aliphatic rings. The van der Waals surface area contributed by atoms with Gasteiger partial charge in [-0.05, 0) is 19.9 Å². The van der Waals surface area contributed by atoms with E-state index >= 15 is 0 Å². The van der Waals surface area contributed by atoms with E-state index in [0.29, 0.717) is 0 Å². The van der Waals surface area contributed by atoms with Crippen molar-refractivity contribution in [2.24, 2.45) is 4.99 Å². The summed E-state index contributed by atoms with van der Waals surface area (Å²) in [5, 5.41) is 6.47. The first kappa shape index (κ1) is 17.7. The summed E-state index contributed by atoms with van der Waals surface area (Å²) in [5.41, 5.74) is 0. The van der Waals surface area contributed by atoms with E-state index in [1.807, 2.05) is 6.08 Å². The van der Waals surface area contributed by atoms with Crippen molar-refractivity contribution in [3.05, 3.63) is 12.7 Å². The highest BCUT2D eigenvalue weighted by Gasteiger charge is 2.18. The number of likely N-dealkylation sites (N-methyl/N-ethyl adjacent to an activating group) is 1. The summed E-state index contributed by atoms with van der Waals surface area (Å²) >= 11 is 0. The highest BCUT2D eigenvalue weighted by molar-refractivity contribution is 14.0. The van der Waals surface area contributed by atoms with E-state index in [2.05, 4.69) is 34.2 Å². The fraction of sp³-hybridized carbons (Fsp3) is 0.769. The molecule has 1 fully saturated rings. The standard InChI is InChI=1S/C13H26N4.HI/c1-4-9-15-13(14-2)16-10-11-17(3)12-7-5-6-8-12;/h4,12H,1,5-11H2,2-3H3,(H2,14,15,16);1H. The highest BCUT2D eigenvalue weighted by Crippen LogP contribution is 2.21. The maximum atomic E-state index is 4.15. The lowest BCUT2D eigenvalue weighted by Gasteiger charge is -2.24. The molecule has 0 aliphatic heterocycles. The number of guanidine groups is 1. The Labute approximate surface area is 128 Å². The Morgan fingerprint density at radius 2 is 2.06 bits per heavy atom. The third kappa shape index (κ3) is 6.58. The molecule has 5 heteroatoms. The average molecular weight is 366 g/mol. The molecule has 0 atom stereocenters. The fourth-order valence-electron chi connectivity index (χ4n) is 2.27. The lowest BCUT2D eigenvalue weighted by atomic mass is 10.2. The van der Waals surface area contributed by atoms with E-state index < -0.39 is 0 Å². The van der Waals surface area contributed by atoms with E-state index in [1.165, 1.54) is 25.7 Å². The summed E-state index contributed by atoms with van der Waals surface area (Å²) in [6.45, 7) is 6.43. The van der Waals surface area contributed by atoms with E-state index in [0.717, 1.165) is 31.6 Å². The number of nitrogens with one attached hydrogen (secondary N) is 2. The van der Waals surface area contributed by atoms with Crippen molar-refractivity contribution in [1.29, 1.82) is 0 Å². The molecule has 0 heterocycles. The first-order valence-electron chi connectivity index (χ1n) is 6.53. The smallest absolute Gasteiger partial charge is 0.191 e. The van der Waals surface area contributed by atoms with Crippen LogP contribution in [0.3, 0.4) is 0 Å². The molecule has 2 N–H and O–H groups in total. The van der Waals surface area contributed by atoms with Gasteiger partial charge in [-0.2, -0.15) is 0 Å². The van der Waals surface area contributed by atoms with Gasteiger partial charge in [0.1, 0.15) is 0 Å². The van der Waals surface area contributed by atoms with E-state index in [-0.39, 0.29) is 24.0 Å². The van der Waals surface area contributed by atoms with Crippen molar-refractivity contribution in [2.45, 2.75) is 31.7 Å². The molecule has 1 saturated carbocycles. The van der Waals surface area contributed by atoms with Gasteiger partial charge in [-0.1, -0.05) is 18.9 Å². The van der Waals surface area contributed by atoms with Crippen LogP contribution in [0.15, 0.2) is 17.6 Å². The van der Waals surface area contributed by atoms with Gasteiger partial charge in [0.05, 0.1) is 0 Å². The van der Waals surface area contributed by atoms with Gasteiger partial charge in [-0.25, -0.2) is 0 Å². The normalized spacial score (nSPS) is 16.5. The van der Waals surface area contributed by atoms with Crippen molar-refractivity contribution >= 4 is 29.9 Å². The second-order valence-corrected chi connectivity index (χ2v) is 4.59. The molecule has 0 spiro atoms. The van der Waals surface area contributed by atoms with E-state index in [4.69, 9.17) is 0 Å². The monoisotopic (exact) mass is 366 g/mol. The molecule has 0 aromatic rings. The van der Waals surface area contributed by atoms with Crippen molar-refractivity contribution in [3.63, 3.8) is 0 Å². The SMILES string of the molecule is C=CCNC(=NC)NCCN(C)C1CCCC1.I. The van der Waals surface area contributed by atoms with Crippen LogP contribution in [0.5, 0.6) is 0 Å². The summed E-state index contributed by atoms with van der Waals surface area (Å²) < 4.78 is 0. The third-order valence-corrected chi connectivity index (χ3v) is 3.34. The Hall–Kier alpha value is -0.300. The third-order valence-electron chi connectivity index (χ3n) is 3.34. The lowest BCUT2D eigenvalue weighted by molar-refractivity contribution is 0.249. The van der Waals surface area contributed by atoms with Crippen LogP contribution in [0.25, 0.3) is 0 Å². The van der Waals surface area contributed by atoms with E-state index in [9.17, 15) is 0 Å². The van der Waals surface area contributed by atoms with Crippen LogP contribution < -0.4 is 10.6 Å². The first-order chi connectivity index (χ1) is 8.27. The van der Waals surface area contributed by atoms with Crippen molar-refractivity contribution in [1.82, 2.24) is 15.5 Å². The zero-order chi connectivity index (χ0) is 12.5. The second-order valence-electron chi connectivity index (χ2n) is 4.59. The minimum Gasteiger partial charge on any atom is -0.355 e. The van der Waals surface area contributed by atoms with Gasteiger partial charge in [0.2, 0.25) is 0 Å². The first-order valence-corrected chi connectivity index (χ1v) is 6.53. The summed E-state index contributed by atoms with van der Waals surface area (Å²) in [5.74, 6) is 0.852. The Kier molecular flexibility index (Phi) is 10.4. The molecule has 0 aromatic carbocycles. The Morgan fingerprint density at radius 3 is 2.61 bits per heavy atom. The molecule has 0 radical (unpaired) electrons. The molecule has 1 rings (SSSR count). The summed E-state index contributed by atoms with van der Waals surface area (Å²) in [6, 6.07) is 0.792. The maximum Gasteiger partial charge on any atom is 0.191 e. The van der Waals surface area contributed by atoms with Crippen molar-refractivity contribution < 1.29 is 0 Å². The van der Waals surface area contributed by atoms with Crippen LogP contribution in [0, 0.1) is 0 Å². The molecule has 18 heavy (non-hydrogen) atoms. The molecule has 0 saturated heterocycles. The number of rotatable bonds is 6. The lowest BCUT2D eigenvalue weighted by Crippen LogP contribution is -2.42. The average Bonchev–Trinajstić information content (AvgIpc) is 2.87. The number of nitrogens with zero attached hydrogens (tertiary/aromatic N) is 2. The Balaban J connectivity index is 0.00000289. The molecule has 0 amide bonds. The number of hydrogen-bond donors (Lipinski definition) is 2. The summed E-state index contributed by atoms with van der Waals surface area (Å²) in [6.07, 6.45) is 7.34. The van der Waals surface area contributed by atoms with Gasteiger partial charge >= 0.3 is 0 Å². The molecule has 106 valence electrons. The predicted octanol–water partition coefficient (Wildman–Crippen LogP) is 1.83.